The highest BCUT2D eigenvalue weighted by Gasteiger charge is 2.10. The summed E-state index contributed by atoms with van der Waals surface area (Å²) < 4.78 is 18.4. The fourth-order valence-electron chi connectivity index (χ4n) is 2.23. The number of nitrogens with zero attached hydrogens (tertiary/aromatic N) is 2. The molecule has 0 amide bonds. The molecule has 2 aromatic carbocycles. The first-order valence-corrected chi connectivity index (χ1v) is 6.71. The van der Waals surface area contributed by atoms with Crippen molar-refractivity contribution in [3.8, 4) is 28.3 Å². The van der Waals surface area contributed by atoms with Gasteiger partial charge in [0.2, 0.25) is 5.95 Å². The van der Waals surface area contributed by atoms with E-state index in [0.29, 0.717) is 17.1 Å². The number of nitrogens with two attached hydrogens (primary N) is 1. The Morgan fingerprint density at radius 1 is 0.955 bits per heavy atom. The fourth-order valence-corrected chi connectivity index (χ4v) is 2.23. The summed E-state index contributed by atoms with van der Waals surface area (Å²) in [6, 6.07) is 15.4. The first-order chi connectivity index (χ1) is 10.7. The fraction of sp³-hybridized carbons (Fsp3) is 0.0588. The third-order valence-corrected chi connectivity index (χ3v) is 3.27. The summed E-state index contributed by atoms with van der Waals surface area (Å²) in [5.41, 5.74) is 8.70. The van der Waals surface area contributed by atoms with Gasteiger partial charge in [-0.25, -0.2) is 14.4 Å². The predicted molar refractivity (Wildman–Crippen MR) is 83.8 cm³/mol. The van der Waals surface area contributed by atoms with Crippen LogP contribution in [0.15, 0.2) is 54.6 Å². The number of halogens is 1. The van der Waals surface area contributed by atoms with Crippen molar-refractivity contribution in [1.29, 1.82) is 0 Å². The van der Waals surface area contributed by atoms with Gasteiger partial charge >= 0.3 is 0 Å². The van der Waals surface area contributed by atoms with Crippen LogP contribution in [-0.4, -0.2) is 17.1 Å². The molecule has 1 heterocycles. The van der Waals surface area contributed by atoms with Crippen LogP contribution in [0.25, 0.3) is 22.5 Å². The second kappa shape index (κ2) is 5.81. The zero-order chi connectivity index (χ0) is 15.5. The zero-order valence-corrected chi connectivity index (χ0v) is 12.0. The van der Waals surface area contributed by atoms with Crippen molar-refractivity contribution >= 4 is 5.95 Å². The normalized spacial score (nSPS) is 10.5. The number of aromatic nitrogens is 2. The van der Waals surface area contributed by atoms with Gasteiger partial charge in [-0.3, -0.25) is 0 Å². The van der Waals surface area contributed by atoms with Gasteiger partial charge in [-0.1, -0.05) is 12.1 Å². The third-order valence-electron chi connectivity index (χ3n) is 3.27. The van der Waals surface area contributed by atoms with Crippen molar-refractivity contribution in [2.24, 2.45) is 0 Å². The average molecular weight is 295 g/mol. The minimum Gasteiger partial charge on any atom is -0.496 e. The first-order valence-electron chi connectivity index (χ1n) is 6.71. The number of rotatable bonds is 3. The Balaban J connectivity index is 2.12. The lowest BCUT2D eigenvalue weighted by atomic mass is 10.1. The van der Waals surface area contributed by atoms with Crippen molar-refractivity contribution in [3.05, 3.63) is 60.4 Å². The van der Waals surface area contributed by atoms with Gasteiger partial charge in [-0.15, -0.1) is 0 Å². The lowest BCUT2D eigenvalue weighted by Gasteiger charge is -2.10. The molecule has 0 unspecified atom stereocenters. The molecule has 0 bridgehead atoms. The molecule has 0 aliphatic heterocycles. The van der Waals surface area contributed by atoms with Gasteiger partial charge in [0.25, 0.3) is 0 Å². The summed E-state index contributed by atoms with van der Waals surface area (Å²) in [6.07, 6.45) is 0. The zero-order valence-electron chi connectivity index (χ0n) is 12.0. The lowest BCUT2D eigenvalue weighted by Crippen LogP contribution is -1.99. The number of anilines is 1. The molecule has 0 aliphatic carbocycles. The summed E-state index contributed by atoms with van der Waals surface area (Å²) in [7, 11) is 1.60. The molecule has 3 rings (SSSR count). The van der Waals surface area contributed by atoms with E-state index < -0.39 is 0 Å². The molecule has 0 atom stereocenters. The Hall–Kier alpha value is -2.95. The van der Waals surface area contributed by atoms with Gasteiger partial charge in [-0.2, -0.15) is 0 Å². The second-order valence-corrected chi connectivity index (χ2v) is 4.70. The summed E-state index contributed by atoms with van der Waals surface area (Å²) >= 11 is 0. The Kier molecular flexibility index (Phi) is 3.70. The Morgan fingerprint density at radius 2 is 1.64 bits per heavy atom. The molecule has 3 aromatic rings. The maximum absolute atomic E-state index is 13.1. The number of hydrogen-bond acceptors (Lipinski definition) is 4. The number of benzene rings is 2. The van der Waals surface area contributed by atoms with Crippen LogP contribution in [0.3, 0.4) is 0 Å². The van der Waals surface area contributed by atoms with Gasteiger partial charge in [0.15, 0.2) is 0 Å². The molecule has 1 aromatic heterocycles. The number of hydrogen-bond donors (Lipinski definition) is 1. The van der Waals surface area contributed by atoms with Crippen LogP contribution in [0.2, 0.25) is 0 Å². The van der Waals surface area contributed by atoms with Crippen LogP contribution >= 0.6 is 0 Å². The molecular weight excluding hydrogens is 281 g/mol. The summed E-state index contributed by atoms with van der Waals surface area (Å²) in [5, 5.41) is 0. The van der Waals surface area contributed by atoms with Crippen LogP contribution < -0.4 is 10.5 Å². The van der Waals surface area contributed by atoms with E-state index in [1.54, 1.807) is 25.3 Å². The first kappa shape index (κ1) is 14.0. The highest BCUT2D eigenvalue weighted by molar-refractivity contribution is 5.72. The standard InChI is InChI=1S/C17H14FN3O/c1-22-16-5-3-2-4-13(16)15-10-14(20-17(19)21-15)11-6-8-12(18)9-7-11/h2-10H,1H3,(H2,19,20,21). The van der Waals surface area contributed by atoms with Crippen molar-refractivity contribution in [3.63, 3.8) is 0 Å². The molecule has 5 heteroatoms. The van der Waals surface area contributed by atoms with Crippen LogP contribution in [-0.2, 0) is 0 Å². The molecule has 0 radical (unpaired) electrons. The lowest BCUT2D eigenvalue weighted by molar-refractivity contribution is 0.416. The van der Waals surface area contributed by atoms with E-state index in [1.807, 2.05) is 24.3 Å². The molecule has 0 spiro atoms. The SMILES string of the molecule is COc1ccccc1-c1cc(-c2ccc(F)cc2)nc(N)n1. The third kappa shape index (κ3) is 2.74. The van der Waals surface area contributed by atoms with Crippen molar-refractivity contribution < 1.29 is 9.13 Å². The van der Waals surface area contributed by atoms with Gasteiger partial charge in [0, 0.05) is 11.1 Å². The Bertz CT molecular complexity index is 803. The minimum absolute atomic E-state index is 0.155. The van der Waals surface area contributed by atoms with E-state index in [-0.39, 0.29) is 11.8 Å². The van der Waals surface area contributed by atoms with E-state index in [1.165, 1.54) is 12.1 Å². The van der Waals surface area contributed by atoms with Crippen LogP contribution in [0.5, 0.6) is 5.75 Å². The van der Waals surface area contributed by atoms with E-state index in [9.17, 15) is 4.39 Å². The van der Waals surface area contributed by atoms with Gasteiger partial charge < -0.3 is 10.5 Å². The number of nitrogen functional groups attached to an aromatic ring is 1. The molecule has 0 fully saturated rings. The van der Waals surface area contributed by atoms with E-state index in [2.05, 4.69) is 9.97 Å². The molecule has 0 saturated heterocycles. The summed E-state index contributed by atoms with van der Waals surface area (Å²) in [5.74, 6) is 0.559. The quantitative estimate of drug-likeness (QED) is 0.803. The molecule has 4 nitrogen and oxygen atoms in total. The van der Waals surface area contributed by atoms with Crippen molar-refractivity contribution in [2.45, 2.75) is 0 Å². The van der Waals surface area contributed by atoms with Gasteiger partial charge in [0.1, 0.15) is 11.6 Å². The number of methoxy groups -OCH3 is 1. The molecule has 2 N–H and O–H groups in total. The molecule has 110 valence electrons. The van der Waals surface area contributed by atoms with E-state index >= 15 is 0 Å². The summed E-state index contributed by atoms with van der Waals surface area (Å²) in [4.78, 5) is 8.49. The van der Waals surface area contributed by atoms with Crippen LogP contribution in [0.4, 0.5) is 10.3 Å². The molecular formula is C17H14FN3O. The second-order valence-electron chi connectivity index (χ2n) is 4.70. The summed E-state index contributed by atoms with van der Waals surface area (Å²) in [6.45, 7) is 0. The monoisotopic (exact) mass is 295 g/mol. The maximum Gasteiger partial charge on any atom is 0.221 e. The highest BCUT2D eigenvalue weighted by Crippen LogP contribution is 2.30. The van der Waals surface area contributed by atoms with Crippen molar-refractivity contribution in [1.82, 2.24) is 9.97 Å². The minimum atomic E-state index is -0.296. The Morgan fingerprint density at radius 3 is 2.36 bits per heavy atom. The average Bonchev–Trinajstić information content (AvgIpc) is 2.55. The maximum atomic E-state index is 13.1. The van der Waals surface area contributed by atoms with E-state index in [4.69, 9.17) is 10.5 Å². The largest absolute Gasteiger partial charge is 0.496 e. The van der Waals surface area contributed by atoms with E-state index in [0.717, 1.165) is 11.1 Å². The molecule has 0 saturated carbocycles. The predicted octanol–water partition coefficient (Wildman–Crippen LogP) is 3.54. The van der Waals surface area contributed by atoms with Crippen molar-refractivity contribution in [2.75, 3.05) is 12.8 Å². The molecule has 22 heavy (non-hydrogen) atoms. The van der Waals surface area contributed by atoms with Crippen LogP contribution in [0.1, 0.15) is 0 Å². The smallest absolute Gasteiger partial charge is 0.221 e. The number of para-hydroxylation sites is 1. The van der Waals surface area contributed by atoms with Gasteiger partial charge in [-0.05, 0) is 42.5 Å². The highest BCUT2D eigenvalue weighted by atomic mass is 19.1. The Labute approximate surface area is 127 Å². The van der Waals surface area contributed by atoms with Gasteiger partial charge in [0.05, 0.1) is 18.5 Å². The molecule has 0 aliphatic rings. The van der Waals surface area contributed by atoms with Crippen LogP contribution in [0, 0.1) is 5.82 Å². The number of ether oxygens (including phenoxy) is 1. The topological polar surface area (TPSA) is 61.0 Å².